The molecule has 36 heavy (non-hydrogen) atoms. The minimum Gasteiger partial charge on any atom is -0.461 e. The normalized spacial score (nSPS) is 13.5. The molecule has 0 spiro atoms. The van der Waals surface area contributed by atoms with Crippen molar-refractivity contribution < 1.29 is 9.53 Å². The molecular weight excluding hydrogens is 452 g/mol. The van der Waals surface area contributed by atoms with Crippen molar-refractivity contribution in [2.45, 2.75) is 6.92 Å². The van der Waals surface area contributed by atoms with E-state index in [1.807, 2.05) is 49.5 Å². The molecule has 0 radical (unpaired) electrons. The minimum atomic E-state index is -0.407. The van der Waals surface area contributed by atoms with Crippen LogP contribution in [-0.2, 0) is 4.74 Å². The first kappa shape index (κ1) is 22.1. The van der Waals surface area contributed by atoms with E-state index in [0.717, 1.165) is 63.5 Å². The molecule has 1 aliphatic rings. The summed E-state index contributed by atoms with van der Waals surface area (Å²) in [5.74, 6) is -0.0247. The summed E-state index contributed by atoms with van der Waals surface area (Å²) in [6.45, 7) is 4.14. The third kappa shape index (κ3) is 4.34. The minimum absolute atomic E-state index is 0.292. The van der Waals surface area contributed by atoms with Crippen LogP contribution in [0.3, 0.4) is 0 Å². The van der Waals surface area contributed by atoms with Gasteiger partial charge in [0.05, 0.1) is 35.5 Å². The lowest BCUT2D eigenvalue weighted by atomic mass is 10.0. The number of H-pyrrole nitrogens is 1. The van der Waals surface area contributed by atoms with Gasteiger partial charge in [0.25, 0.3) is 0 Å². The fourth-order valence-corrected chi connectivity index (χ4v) is 4.28. The van der Waals surface area contributed by atoms with Crippen LogP contribution in [0.2, 0.25) is 0 Å². The van der Waals surface area contributed by atoms with Crippen molar-refractivity contribution >= 4 is 16.9 Å². The predicted octanol–water partition coefficient (Wildman–Crippen LogP) is 4.43. The molecule has 1 aliphatic heterocycles. The van der Waals surface area contributed by atoms with Crippen molar-refractivity contribution in [1.29, 1.82) is 0 Å². The van der Waals surface area contributed by atoms with E-state index < -0.39 is 5.97 Å². The molecule has 8 nitrogen and oxygen atoms in total. The largest absolute Gasteiger partial charge is 0.461 e. The smallest absolute Gasteiger partial charge is 0.356 e. The summed E-state index contributed by atoms with van der Waals surface area (Å²) >= 11 is 0. The average Bonchev–Trinajstić information content (AvgIpc) is 3.37. The molecule has 8 heteroatoms. The lowest BCUT2D eigenvalue weighted by Crippen LogP contribution is -2.44. The maximum Gasteiger partial charge on any atom is 0.356 e. The van der Waals surface area contributed by atoms with Crippen LogP contribution in [-0.4, -0.2) is 50.6 Å². The van der Waals surface area contributed by atoms with Gasteiger partial charge in [0.2, 0.25) is 0 Å². The molecule has 0 unspecified atom stereocenters. The van der Waals surface area contributed by atoms with Crippen LogP contribution < -0.4 is 5.32 Å². The highest BCUT2D eigenvalue weighted by molar-refractivity contribution is 5.91. The zero-order chi connectivity index (χ0) is 24.5. The summed E-state index contributed by atoms with van der Waals surface area (Å²) < 4.78 is 5.43. The van der Waals surface area contributed by atoms with Gasteiger partial charge < -0.3 is 15.0 Å². The number of pyridine rings is 3. The Hall–Kier alpha value is -4.43. The second kappa shape index (κ2) is 9.31. The van der Waals surface area contributed by atoms with E-state index in [-0.39, 0.29) is 0 Å². The van der Waals surface area contributed by atoms with Crippen LogP contribution in [0.1, 0.15) is 16.2 Å². The second-order valence-electron chi connectivity index (χ2n) is 8.97. The maximum atomic E-state index is 12.5. The van der Waals surface area contributed by atoms with E-state index >= 15 is 0 Å². The number of aromatic amines is 1. The predicted molar refractivity (Wildman–Crippen MR) is 137 cm³/mol. The van der Waals surface area contributed by atoms with Crippen LogP contribution >= 0.6 is 0 Å². The van der Waals surface area contributed by atoms with Crippen LogP contribution in [0, 0.1) is 12.8 Å². The quantitative estimate of drug-likeness (QED) is 0.349. The highest BCUT2D eigenvalue weighted by Gasteiger charge is 2.20. The zero-order valence-corrected chi connectivity index (χ0v) is 19.7. The number of carbonyl (C=O) groups is 1. The van der Waals surface area contributed by atoms with Crippen LogP contribution in [0.4, 0.5) is 0 Å². The lowest BCUT2D eigenvalue weighted by molar-refractivity contribution is 0.0391. The SMILES string of the molecule is Cc1cccc(-c2[nH]cnc2-c2ccc3ncc(-c4ccnc(C(=O)OCC5CNC5)c4)cc3c2)n1. The number of aromatic nitrogens is 5. The maximum absolute atomic E-state index is 12.5. The Bertz CT molecular complexity index is 1570. The topological polar surface area (TPSA) is 106 Å². The molecule has 1 saturated heterocycles. The Balaban J connectivity index is 1.31. The molecule has 4 aromatic heterocycles. The lowest BCUT2D eigenvalue weighted by Gasteiger charge is -2.26. The van der Waals surface area contributed by atoms with E-state index in [1.54, 1.807) is 18.6 Å². The molecule has 5 heterocycles. The highest BCUT2D eigenvalue weighted by Crippen LogP contribution is 2.31. The number of imidazole rings is 1. The van der Waals surface area contributed by atoms with E-state index in [1.165, 1.54) is 0 Å². The van der Waals surface area contributed by atoms with E-state index in [0.29, 0.717) is 18.2 Å². The number of esters is 1. The van der Waals surface area contributed by atoms with Gasteiger partial charge in [-0.3, -0.25) is 9.97 Å². The number of nitrogens with zero attached hydrogens (tertiary/aromatic N) is 4. The van der Waals surface area contributed by atoms with E-state index in [4.69, 9.17) is 4.74 Å². The number of fused-ring (bicyclic) bond motifs is 1. The number of ether oxygens (including phenoxy) is 1. The molecule has 0 saturated carbocycles. The van der Waals surface area contributed by atoms with Gasteiger partial charge >= 0.3 is 5.97 Å². The number of nitrogens with one attached hydrogen (secondary N) is 2. The Morgan fingerprint density at radius 2 is 1.89 bits per heavy atom. The summed E-state index contributed by atoms with van der Waals surface area (Å²) in [6.07, 6.45) is 5.12. The summed E-state index contributed by atoms with van der Waals surface area (Å²) in [4.78, 5) is 33.8. The molecule has 0 aliphatic carbocycles. The second-order valence-corrected chi connectivity index (χ2v) is 8.97. The van der Waals surface area contributed by atoms with Gasteiger partial charge in [-0.25, -0.2) is 14.8 Å². The fraction of sp³-hybridized carbons (Fsp3) is 0.179. The molecule has 1 fully saturated rings. The van der Waals surface area contributed by atoms with Gasteiger partial charge in [-0.2, -0.15) is 0 Å². The summed E-state index contributed by atoms with van der Waals surface area (Å²) in [5, 5.41) is 4.14. The first-order valence-corrected chi connectivity index (χ1v) is 11.9. The van der Waals surface area contributed by atoms with Gasteiger partial charge in [-0.15, -0.1) is 0 Å². The molecule has 1 aromatic carbocycles. The van der Waals surface area contributed by atoms with Gasteiger partial charge in [-0.1, -0.05) is 12.1 Å². The van der Waals surface area contributed by atoms with Crippen LogP contribution in [0.5, 0.6) is 0 Å². The Morgan fingerprint density at radius 3 is 2.72 bits per heavy atom. The van der Waals surface area contributed by atoms with Gasteiger partial charge in [-0.05, 0) is 55.0 Å². The van der Waals surface area contributed by atoms with E-state index in [9.17, 15) is 4.79 Å². The third-order valence-electron chi connectivity index (χ3n) is 6.36. The Morgan fingerprint density at radius 1 is 1.00 bits per heavy atom. The van der Waals surface area contributed by atoms with Gasteiger partial charge in [0.1, 0.15) is 5.69 Å². The molecule has 5 aromatic rings. The summed E-state index contributed by atoms with van der Waals surface area (Å²) in [6, 6.07) is 17.7. The number of benzene rings is 1. The van der Waals surface area contributed by atoms with Crippen molar-refractivity contribution in [3.05, 3.63) is 84.7 Å². The van der Waals surface area contributed by atoms with Crippen LogP contribution in [0.25, 0.3) is 44.7 Å². The number of rotatable bonds is 6. The summed E-state index contributed by atoms with van der Waals surface area (Å²) in [7, 11) is 0. The Kier molecular flexibility index (Phi) is 5.71. The molecule has 178 valence electrons. The highest BCUT2D eigenvalue weighted by atomic mass is 16.5. The average molecular weight is 477 g/mol. The van der Waals surface area contributed by atoms with Crippen molar-refractivity contribution in [2.24, 2.45) is 5.92 Å². The standard InChI is InChI=1S/C28H24N6O2/c1-17-3-2-4-24(34-17)27-26(32-16-33-27)20-5-6-23-21(9-20)10-22(14-31-23)19-7-8-30-25(11-19)28(35)36-15-18-12-29-13-18/h2-11,14,16,18,29H,12-13,15H2,1H3,(H,32,33). The van der Waals surface area contributed by atoms with Gasteiger partial charge in [0.15, 0.2) is 0 Å². The summed E-state index contributed by atoms with van der Waals surface area (Å²) in [5.41, 5.74) is 7.36. The zero-order valence-electron chi connectivity index (χ0n) is 19.7. The molecule has 0 amide bonds. The molecule has 6 rings (SSSR count). The first-order valence-electron chi connectivity index (χ1n) is 11.9. The van der Waals surface area contributed by atoms with Crippen molar-refractivity contribution in [1.82, 2.24) is 30.2 Å². The van der Waals surface area contributed by atoms with Crippen molar-refractivity contribution in [3.63, 3.8) is 0 Å². The first-order chi connectivity index (χ1) is 17.6. The van der Waals surface area contributed by atoms with Crippen molar-refractivity contribution in [2.75, 3.05) is 19.7 Å². The molecule has 2 N–H and O–H groups in total. The van der Waals surface area contributed by atoms with Crippen molar-refractivity contribution in [3.8, 4) is 33.8 Å². The number of aryl methyl sites for hydroxylation is 1. The third-order valence-corrected chi connectivity index (χ3v) is 6.36. The molecular formula is C28H24N6O2. The monoisotopic (exact) mass is 476 g/mol. The molecule has 0 bridgehead atoms. The van der Waals surface area contributed by atoms with Crippen LogP contribution in [0.15, 0.2) is 73.3 Å². The molecule has 0 atom stereocenters. The van der Waals surface area contributed by atoms with E-state index in [2.05, 4.69) is 42.4 Å². The number of hydrogen-bond acceptors (Lipinski definition) is 7. The fourth-order valence-electron chi connectivity index (χ4n) is 4.28. The number of hydrogen-bond donors (Lipinski definition) is 2. The Labute approximate surface area is 207 Å². The van der Waals surface area contributed by atoms with Gasteiger partial charge in [0, 0.05) is 53.6 Å². The number of carbonyl (C=O) groups excluding carboxylic acids is 1.